The second kappa shape index (κ2) is 6.23. The maximum Gasteiger partial charge on any atom is 0.416 e. The highest BCUT2D eigenvalue weighted by Gasteiger charge is 2.32. The van der Waals surface area contributed by atoms with E-state index in [0.29, 0.717) is 5.56 Å². The van der Waals surface area contributed by atoms with E-state index >= 15 is 0 Å². The predicted octanol–water partition coefficient (Wildman–Crippen LogP) is 2.67. The number of nitrogens with one attached hydrogen (secondary N) is 1. The van der Waals surface area contributed by atoms with Crippen molar-refractivity contribution in [3.63, 3.8) is 0 Å². The summed E-state index contributed by atoms with van der Waals surface area (Å²) in [7, 11) is -4.14. The Morgan fingerprint density at radius 2 is 1.77 bits per heavy atom. The van der Waals surface area contributed by atoms with E-state index in [1.54, 1.807) is 0 Å². The molecule has 3 rings (SSSR count). The van der Waals surface area contributed by atoms with Gasteiger partial charge in [-0.3, -0.25) is 4.79 Å². The van der Waals surface area contributed by atoms with Crippen molar-refractivity contribution in [2.45, 2.75) is 17.6 Å². The first kappa shape index (κ1) is 18.6. The van der Waals surface area contributed by atoms with Gasteiger partial charge in [-0.25, -0.2) is 24.0 Å². The molecule has 0 saturated heterocycles. The van der Waals surface area contributed by atoms with Crippen LogP contribution in [0.1, 0.15) is 21.5 Å². The molecule has 2 aromatic rings. The number of carbonyl (C=O) groups is 1. The highest BCUT2D eigenvalue weighted by Crippen LogP contribution is 2.32. The highest BCUT2D eigenvalue weighted by molar-refractivity contribution is 7.89. The van der Waals surface area contributed by atoms with Crippen LogP contribution in [0.2, 0.25) is 5.02 Å². The molecule has 11 heteroatoms. The van der Waals surface area contributed by atoms with E-state index in [4.69, 9.17) is 16.7 Å². The van der Waals surface area contributed by atoms with Crippen LogP contribution < -0.4 is 15.6 Å². The second-order valence-corrected chi connectivity index (χ2v) is 7.44. The van der Waals surface area contributed by atoms with Gasteiger partial charge in [0.15, 0.2) is 0 Å². The third-order valence-electron chi connectivity index (χ3n) is 3.78. The number of rotatable bonds is 2. The Kier molecular flexibility index (Phi) is 4.47. The zero-order valence-electron chi connectivity index (χ0n) is 12.8. The van der Waals surface area contributed by atoms with E-state index in [1.807, 2.05) is 0 Å². The number of nitrogens with zero attached hydrogens (tertiary/aromatic N) is 1. The summed E-state index contributed by atoms with van der Waals surface area (Å²) in [5, 5.41) is 5.99. The van der Waals surface area contributed by atoms with Gasteiger partial charge in [0.25, 0.3) is 5.91 Å². The van der Waals surface area contributed by atoms with Crippen molar-refractivity contribution in [2.75, 3.05) is 5.01 Å². The molecule has 1 aliphatic heterocycles. The van der Waals surface area contributed by atoms with Crippen molar-refractivity contribution < 1.29 is 26.4 Å². The largest absolute Gasteiger partial charge is 0.416 e. The van der Waals surface area contributed by atoms with E-state index in [2.05, 4.69) is 5.43 Å². The third-order valence-corrected chi connectivity index (χ3v) is 5.15. The fraction of sp³-hybridized carbons (Fsp3) is 0.133. The Bertz CT molecular complexity index is 992. The van der Waals surface area contributed by atoms with Gasteiger partial charge in [0.1, 0.15) is 4.90 Å². The summed E-state index contributed by atoms with van der Waals surface area (Å²) in [5.74, 6) is -0.646. The molecule has 0 radical (unpaired) electrons. The molecule has 0 saturated carbocycles. The molecule has 26 heavy (non-hydrogen) atoms. The van der Waals surface area contributed by atoms with E-state index in [0.717, 1.165) is 35.3 Å². The molecule has 1 aliphatic rings. The Hall–Kier alpha value is -2.14. The number of amides is 1. The number of carbonyl (C=O) groups excluding carboxylic acids is 1. The maximum absolute atomic E-state index is 12.7. The summed E-state index contributed by atoms with van der Waals surface area (Å²) in [5.41, 5.74) is 2.54. The third kappa shape index (κ3) is 3.40. The number of fused-ring (bicyclic) bond motifs is 1. The van der Waals surface area contributed by atoms with Crippen molar-refractivity contribution in [1.82, 2.24) is 5.43 Å². The number of nitrogens with two attached hydrogens (primary N) is 1. The predicted molar refractivity (Wildman–Crippen MR) is 87.9 cm³/mol. The number of hydrogen-bond donors (Lipinski definition) is 2. The zero-order valence-corrected chi connectivity index (χ0v) is 14.4. The van der Waals surface area contributed by atoms with E-state index < -0.39 is 32.6 Å². The molecule has 3 N–H and O–H groups in total. The first-order chi connectivity index (χ1) is 12.0. The van der Waals surface area contributed by atoms with Crippen LogP contribution in [0.4, 0.5) is 18.9 Å². The molecule has 138 valence electrons. The normalized spacial score (nSPS) is 15.1. The molecular formula is C15H11ClF3N3O3S. The number of alkyl halides is 3. The summed E-state index contributed by atoms with van der Waals surface area (Å²) in [6.07, 6.45) is -4.49. The Balaban J connectivity index is 2.00. The number of sulfonamides is 1. The Labute approximate surface area is 151 Å². The van der Waals surface area contributed by atoms with Crippen LogP contribution in [-0.4, -0.2) is 14.3 Å². The molecule has 6 nitrogen and oxygen atoms in total. The average molecular weight is 406 g/mol. The fourth-order valence-electron chi connectivity index (χ4n) is 2.52. The fourth-order valence-corrected chi connectivity index (χ4v) is 3.64. The SMILES string of the molecule is NS(=O)(=O)c1cc2c(cc1Cl)CNN(c1ccc(C(F)(F)F)cc1)C2=O. The molecule has 0 fully saturated rings. The topological polar surface area (TPSA) is 92.5 Å². The first-order valence-corrected chi connectivity index (χ1v) is 9.01. The molecule has 0 bridgehead atoms. The van der Waals surface area contributed by atoms with Crippen LogP contribution in [0.25, 0.3) is 0 Å². The van der Waals surface area contributed by atoms with Gasteiger partial charge in [-0.05, 0) is 42.0 Å². The van der Waals surface area contributed by atoms with Crippen molar-refractivity contribution in [2.24, 2.45) is 5.14 Å². The van der Waals surface area contributed by atoms with Gasteiger partial charge in [0.2, 0.25) is 10.0 Å². The number of hydrogen-bond acceptors (Lipinski definition) is 4. The standard InChI is InChI=1S/C15H11ClF3N3O3S/c16-12-5-8-7-21-22(10-3-1-9(2-4-10)15(17,18)19)14(23)11(8)6-13(12)26(20,24)25/h1-6,21H,7H2,(H2,20,24,25). The van der Waals surface area contributed by atoms with Crippen LogP contribution >= 0.6 is 11.6 Å². The maximum atomic E-state index is 12.7. The van der Waals surface area contributed by atoms with Gasteiger partial charge in [-0.1, -0.05) is 11.6 Å². The smallest absolute Gasteiger partial charge is 0.267 e. The van der Waals surface area contributed by atoms with Crippen molar-refractivity contribution >= 4 is 33.2 Å². The molecule has 2 aromatic carbocycles. The Morgan fingerprint density at radius 3 is 2.31 bits per heavy atom. The minimum Gasteiger partial charge on any atom is -0.267 e. The average Bonchev–Trinajstić information content (AvgIpc) is 2.53. The quantitative estimate of drug-likeness (QED) is 0.803. The lowest BCUT2D eigenvalue weighted by Crippen LogP contribution is -2.47. The van der Waals surface area contributed by atoms with Gasteiger partial charge < -0.3 is 0 Å². The zero-order chi connectivity index (χ0) is 19.3. The number of halogens is 4. The molecule has 1 amide bonds. The van der Waals surface area contributed by atoms with E-state index in [-0.39, 0.29) is 22.8 Å². The first-order valence-electron chi connectivity index (χ1n) is 7.09. The van der Waals surface area contributed by atoms with Crippen LogP contribution in [0.15, 0.2) is 41.3 Å². The van der Waals surface area contributed by atoms with Gasteiger partial charge >= 0.3 is 6.18 Å². The molecule has 0 aliphatic carbocycles. The highest BCUT2D eigenvalue weighted by atomic mass is 35.5. The van der Waals surface area contributed by atoms with Crippen LogP contribution in [-0.2, 0) is 22.7 Å². The summed E-state index contributed by atoms with van der Waals surface area (Å²) in [6, 6.07) is 6.33. The summed E-state index contributed by atoms with van der Waals surface area (Å²) in [4.78, 5) is 12.2. The van der Waals surface area contributed by atoms with Crippen LogP contribution in [0.3, 0.4) is 0 Å². The lowest BCUT2D eigenvalue weighted by Gasteiger charge is -2.30. The van der Waals surface area contributed by atoms with Crippen LogP contribution in [0, 0.1) is 0 Å². The lowest BCUT2D eigenvalue weighted by molar-refractivity contribution is -0.137. The molecule has 0 atom stereocenters. The molecule has 1 heterocycles. The molecular weight excluding hydrogens is 395 g/mol. The number of benzene rings is 2. The lowest BCUT2D eigenvalue weighted by atomic mass is 10.0. The summed E-state index contributed by atoms with van der Waals surface area (Å²) in [6.45, 7) is 0.118. The summed E-state index contributed by atoms with van der Waals surface area (Å²) >= 11 is 5.89. The number of anilines is 1. The van der Waals surface area contributed by atoms with E-state index in [9.17, 15) is 26.4 Å². The van der Waals surface area contributed by atoms with Crippen LogP contribution in [0.5, 0.6) is 0 Å². The molecule has 0 aromatic heterocycles. The second-order valence-electron chi connectivity index (χ2n) is 5.50. The minimum atomic E-state index is -4.49. The number of hydrazine groups is 1. The molecule has 0 spiro atoms. The van der Waals surface area contributed by atoms with Gasteiger partial charge in [-0.15, -0.1) is 0 Å². The summed E-state index contributed by atoms with van der Waals surface area (Å²) < 4.78 is 61.1. The Morgan fingerprint density at radius 1 is 1.15 bits per heavy atom. The van der Waals surface area contributed by atoms with Crippen molar-refractivity contribution in [1.29, 1.82) is 0 Å². The van der Waals surface area contributed by atoms with Crippen molar-refractivity contribution in [3.8, 4) is 0 Å². The van der Waals surface area contributed by atoms with E-state index in [1.165, 1.54) is 6.07 Å². The number of primary sulfonamides is 1. The minimum absolute atomic E-state index is 0.0390. The van der Waals surface area contributed by atoms with Gasteiger partial charge in [0, 0.05) is 12.1 Å². The molecule has 0 unspecified atom stereocenters. The monoisotopic (exact) mass is 405 g/mol. The van der Waals surface area contributed by atoms with Crippen molar-refractivity contribution in [3.05, 3.63) is 58.1 Å². The van der Waals surface area contributed by atoms with Gasteiger partial charge in [0.05, 0.1) is 16.3 Å². The van der Waals surface area contributed by atoms with Gasteiger partial charge in [-0.2, -0.15) is 13.2 Å².